The summed E-state index contributed by atoms with van der Waals surface area (Å²) >= 11 is 0. The number of hydrogen-bond acceptors (Lipinski definition) is 5. The normalized spacial score (nSPS) is 11.7. The van der Waals surface area contributed by atoms with Crippen molar-refractivity contribution in [3.63, 3.8) is 0 Å². The molecule has 2 amide bonds. The molecule has 0 aliphatic carbocycles. The van der Waals surface area contributed by atoms with Gasteiger partial charge in [0.25, 0.3) is 11.8 Å². The van der Waals surface area contributed by atoms with Gasteiger partial charge in [-0.1, -0.05) is 0 Å². The maximum atomic E-state index is 14.2. The molecule has 0 radical (unpaired) electrons. The molecule has 0 atom stereocenters. The van der Waals surface area contributed by atoms with Crippen molar-refractivity contribution in [2.75, 3.05) is 24.5 Å². The second-order valence-corrected chi connectivity index (χ2v) is 6.40. The van der Waals surface area contributed by atoms with Gasteiger partial charge in [-0.3, -0.25) is 9.59 Å². The third kappa shape index (κ3) is 4.02. The molecular formula is C22H17FN2O5. The van der Waals surface area contributed by atoms with Crippen molar-refractivity contribution in [3.05, 3.63) is 77.6 Å². The van der Waals surface area contributed by atoms with E-state index in [-0.39, 0.29) is 12.5 Å². The number of benzene rings is 3. The van der Waals surface area contributed by atoms with E-state index in [0.29, 0.717) is 34.1 Å². The second kappa shape index (κ2) is 8.12. The summed E-state index contributed by atoms with van der Waals surface area (Å²) in [5.74, 6) is 0.123. The highest BCUT2D eigenvalue weighted by Gasteiger charge is 2.17. The van der Waals surface area contributed by atoms with E-state index in [4.69, 9.17) is 14.2 Å². The van der Waals surface area contributed by atoms with Crippen LogP contribution in [0.2, 0.25) is 0 Å². The van der Waals surface area contributed by atoms with Crippen LogP contribution >= 0.6 is 0 Å². The van der Waals surface area contributed by atoms with Gasteiger partial charge in [0.2, 0.25) is 6.79 Å². The van der Waals surface area contributed by atoms with E-state index < -0.39 is 17.6 Å². The average molecular weight is 408 g/mol. The highest BCUT2D eigenvalue weighted by atomic mass is 19.1. The van der Waals surface area contributed by atoms with Crippen LogP contribution < -0.4 is 24.8 Å². The topological polar surface area (TPSA) is 85.9 Å². The summed E-state index contributed by atoms with van der Waals surface area (Å²) in [4.78, 5) is 24.9. The van der Waals surface area contributed by atoms with Crippen molar-refractivity contribution in [2.45, 2.75) is 0 Å². The fourth-order valence-electron chi connectivity index (χ4n) is 2.88. The molecule has 0 spiro atoms. The number of carbonyl (C=O) groups is 2. The Bertz CT molecular complexity index is 1120. The Morgan fingerprint density at radius 1 is 0.867 bits per heavy atom. The van der Waals surface area contributed by atoms with Crippen LogP contribution in [-0.4, -0.2) is 25.7 Å². The number of fused-ring (bicyclic) bond motifs is 1. The van der Waals surface area contributed by atoms with Crippen LogP contribution in [0.3, 0.4) is 0 Å². The molecule has 0 saturated carbocycles. The standard InChI is InChI=1S/C22H17FN2O5/c1-28-16-6-2-13(3-7-16)21(26)25-18-11-15(5-8-17(18)23)24-22(27)14-4-9-19-20(10-14)30-12-29-19/h2-11H,12H2,1H3,(H,24,27)(H,25,26). The quantitative estimate of drug-likeness (QED) is 0.665. The Kier molecular flexibility index (Phi) is 5.21. The maximum Gasteiger partial charge on any atom is 0.255 e. The first-order valence-electron chi connectivity index (χ1n) is 8.99. The molecule has 3 aromatic rings. The molecule has 0 aromatic heterocycles. The summed E-state index contributed by atoms with van der Waals surface area (Å²) in [6, 6.07) is 15.1. The van der Waals surface area contributed by atoms with Crippen molar-refractivity contribution >= 4 is 23.2 Å². The van der Waals surface area contributed by atoms with Gasteiger partial charge in [0.15, 0.2) is 11.5 Å². The zero-order valence-electron chi connectivity index (χ0n) is 15.9. The highest BCUT2D eigenvalue weighted by Crippen LogP contribution is 2.32. The SMILES string of the molecule is COc1ccc(C(=O)Nc2cc(NC(=O)c3ccc4c(c3)OCO4)ccc2F)cc1. The predicted octanol–water partition coefficient (Wildman–Crippen LogP) is 4.07. The summed E-state index contributed by atoms with van der Waals surface area (Å²) in [5, 5.41) is 5.18. The summed E-state index contributed by atoms with van der Waals surface area (Å²) in [6.45, 7) is 0.107. The molecule has 2 N–H and O–H groups in total. The van der Waals surface area contributed by atoms with Crippen LogP contribution in [0.25, 0.3) is 0 Å². The van der Waals surface area contributed by atoms with Crippen LogP contribution in [0.1, 0.15) is 20.7 Å². The molecule has 0 bridgehead atoms. The van der Waals surface area contributed by atoms with E-state index in [1.54, 1.807) is 42.5 Å². The van der Waals surface area contributed by atoms with E-state index in [0.717, 1.165) is 0 Å². The Morgan fingerprint density at radius 3 is 2.33 bits per heavy atom. The predicted molar refractivity (Wildman–Crippen MR) is 108 cm³/mol. The van der Waals surface area contributed by atoms with E-state index in [1.807, 2.05) is 0 Å². The minimum Gasteiger partial charge on any atom is -0.497 e. The minimum atomic E-state index is -0.627. The first-order chi connectivity index (χ1) is 14.5. The zero-order valence-corrected chi connectivity index (χ0v) is 15.9. The molecule has 152 valence electrons. The van der Waals surface area contributed by atoms with E-state index >= 15 is 0 Å². The first kappa shape index (κ1) is 19.3. The van der Waals surface area contributed by atoms with Crippen molar-refractivity contribution in [1.82, 2.24) is 0 Å². The molecule has 30 heavy (non-hydrogen) atoms. The van der Waals surface area contributed by atoms with Gasteiger partial charge >= 0.3 is 0 Å². The van der Waals surface area contributed by atoms with Crippen LogP contribution in [0.15, 0.2) is 60.7 Å². The fourth-order valence-corrected chi connectivity index (χ4v) is 2.88. The summed E-state index contributed by atoms with van der Waals surface area (Å²) in [7, 11) is 1.52. The molecule has 3 aromatic carbocycles. The highest BCUT2D eigenvalue weighted by molar-refractivity contribution is 6.06. The summed E-state index contributed by atoms with van der Waals surface area (Å²) < 4.78 is 29.7. The molecule has 8 heteroatoms. The molecule has 7 nitrogen and oxygen atoms in total. The molecule has 0 fully saturated rings. The monoisotopic (exact) mass is 408 g/mol. The van der Waals surface area contributed by atoms with E-state index in [9.17, 15) is 14.0 Å². The number of nitrogens with one attached hydrogen (secondary N) is 2. The molecule has 1 aliphatic heterocycles. The summed E-state index contributed by atoms with van der Waals surface area (Å²) in [5.41, 5.74) is 0.959. The number of methoxy groups -OCH3 is 1. The van der Waals surface area contributed by atoms with Gasteiger partial charge in [-0.25, -0.2) is 4.39 Å². The smallest absolute Gasteiger partial charge is 0.255 e. The fraction of sp³-hybridized carbons (Fsp3) is 0.0909. The largest absolute Gasteiger partial charge is 0.497 e. The number of hydrogen-bond donors (Lipinski definition) is 2. The lowest BCUT2D eigenvalue weighted by molar-refractivity contribution is 0.101. The van der Waals surface area contributed by atoms with Crippen molar-refractivity contribution in [3.8, 4) is 17.2 Å². The Morgan fingerprint density at radius 2 is 1.57 bits per heavy atom. The van der Waals surface area contributed by atoms with Crippen molar-refractivity contribution < 1.29 is 28.2 Å². The van der Waals surface area contributed by atoms with Gasteiger partial charge < -0.3 is 24.8 Å². The van der Waals surface area contributed by atoms with Crippen LogP contribution in [0.4, 0.5) is 15.8 Å². The second-order valence-electron chi connectivity index (χ2n) is 6.40. The lowest BCUT2D eigenvalue weighted by Crippen LogP contribution is -2.15. The molecule has 0 saturated heterocycles. The summed E-state index contributed by atoms with van der Waals surface area (Å²) in [6.07, 6.45) is 0. The minimum absolute atomic E-state index is 0.0562. The van der Waals surface area contributed by atoms with Crippen molar-refractivity contribution in [2.24, 2.45) is 0 Å². The maximum absolute atomic E-state index is 14.2. The number of anilines is 2. The molecule has 1 heterocycles. The Hall–Kier alpha value is -4.07. The number of halogens is 1. The lowest BCUT2D eigenvalue weighted by atomic mass is 10.1. The Labute approximate surface area is 171 Å². The molecule has 0 unspecified atom stereocenters. The van der Waals surface area contributed by atoms with Gasteiger partial charge in [0.05, 0.1) is 12.8 Å². The lowest BCUT2D eigenvalue weighted by Gasteiger charge is -2.11. The first-order valence-corrected chi connectivity index (χ1v) is 8.99. The zero-order chi connectivity index (χ0) is 21.1. The number of carbonyl (C=O) groups excluding carboxylic acids is 2. The number of ether oxygens (including phenoxy) is 3. The van der Waals surface area contributed by atoms with Crippen LogP contribution in [0, 0.1) is 5.82 Å². The molecule has 1 aliphatic rings. The van der Waals surface area contributed by atoms with Crippen LogP contribution in [0.5, 0.6) is 17.2 Å². The van der Waals surface area contributed by atoms with Gasteiger partial charge in [0, 0.05) is 16.8 Å². The Balaban J connectivity index is 1.48. The average Bonchev–Trinajstić information content (AvgIpc) is 3.24. The number of amides is 2. The van der Waals surface area contributed by atoms with Gasteiger partial charge in [0.1, 0.15) is 11.6 Å². The van der Waals surface area contributed by atoms with E-state index in [1.165, 1.54) is 25.3 Å². The van der Waals surface area contributed by atoms with Gasteiger partial charge in [-0.15, -0.1) is 0 Å². The van der Waals surface area contributed by atoms with Crippen molar-refractivity contribution in [1.29, 1.82) is 0 Å². The van der Waals surface area contributed by atoms with Gasteiger partial charge in [-0.05, 0) is 60.7 Å². The van der Waals surface area contributed by atoms with E-state index in [2.05, 4.69) is 10.6 Å². The number of rotatable bonds is 5. The third-order valence-corrected chi connectivity index (χ3v) is 4.46. The molecule has 4 rings (SSSR count). The third-order valence-electron chi connectivity index (χ3n) is 4.46. The van der Waals surface area contributed by atoms with Gasteiger partial charge in [-0.2, -0.15) is 0 Å². The van der Waals surface area contributed by atoms with Crippen LogP contribution in [-0.2, 0) is 0 Å². The molecular weight excluding hydrogens is 391 g/mol.